The van der Waals surface area contributed by atoms with Gasteiger partial charge in [0.25, 0.3) is 0 Å². The SMILES string of the molecule is CC(O)c1cccnc1N(C)C(C)c1ccc(Cl)cc1. The molecule has 20 heavy (non-hydrogen) atoms. The molecular weight excluding hydrogens is 272 g/mol. The predicted octanol–water partition coefficient (Wildman–Crippen LogP) is 3.99. The largest absolute Gasteiger partial charge is 0.389 e. The van der Waals surface area contributed by atoms with Crippen LogP contribution in [0.4, 0.5) is 5.82 Å². The van der Waals surface area contributed by atoms with Gasteiger partial charge in [-0.2, -0.15) is 0 Å². The summed E-state index contributed by atoms with van der Waals surface area (Å²) in [6.07, 6.45) is 1.20. The highest BCUT2D eigenvalue weighted by Gasteiger charge is 2.18. The fourth-order valence-corrected chi connectivity index (χ4v) is 2.30. The first-order valence-corrected chi connectivity index (χ1v) is 6.99. The van der Waals surface area contributed by atoms with E-state index in [1.54, 1.807) is 13.1 Å². The molecule has 1 aromatic carbocycles. The number of anilines is 1. The first kappa shape index (κ1) is 14.8. The highest BCUT2D eigenvalue weighted by atomic mass is 35.5. The normalized spacial score (nSPS) is 13.8. The van der Waals surface area contributed by atoms with Crippen LogP contribution >= 0.6 is 11.6 Å². The van der Waals surface area contributed by atoms with Crippen molar-refractivity contribution in [1.82, 2.24) is 4.98 Å². The van der Waals surface area contributed by atoms with Crippen molar-refractivity contribution in [2.24, 2.45) is 0 Å². The minimum atomic E-state index is -0.543. The van der Waals surface area contributed by atoms with E-state index < -0.39 is 6.10 Å². The second-order valence-corrected chi connectivity index (χ2v) is 5.37. The van der Waals surface area contributed by atoms with Crippen LogP contribution in [-0.4, -0.2) is 17.1 Å². The Balaban J connectivity index is 2.31. The van der Waals surface area contributed by atoms with E-state index in [1.807, 2.05) is 43.4 Å². The number of halogens is 1. The molecule has 0 aliphatic heterocycles. The van der Waals surface area contributed by atoms with Crippen molar-refractivity contribution < 1.29 is 5.11 Å². The topological polar surface area (TPSA) is 36.4 Å². The minimum absolute atomic E-state index is 0.139. The quantitative estimate of drug-likeness (QED) is 0.925. The molecule has 2 atom stereocenters. The first-order chi connectivity index (χ1) is 9.50. The molecule has 0 radical (unpaired) electrons. The van der Waals surface area contributed by atoms with E-state index in [9.17, 15) is 5.11 Å². The van der Waals surface area contributed by atoms with Crippen LogP contribution in [-0.2, 0) is 0 Å². The third-order valence-corrected chi connectivity index (χ3v) is 3.79. The zero-order valence-corrected chi connectivity index (χ0v) is 12.7. The van der Waals surface area contributed by atoms with Crippen molar-refractivity contribution in [1.29, 1.82) is 0 Å². The van der Waals surface area contributed by atoms with Gasteiger partial charge < -0.3 is 10.0 Å². The molecule has 0 aliphatic carbocycles. The Labute approximate surface area is 124 Å². The van der Waals surface area contributed by atoms with Crippen LogP contribution in [0, 0.1) is 0 Å². The van der Waals surface area contributed by atoms with Gasteiger partial charge in [-0.15, -0.1) is 0 Å². The van der Waals surface area contributed by atoms with Crippen LogP contribution in [0.3, 0.4) is 0 Å². The third-order valence-electron chi connectivity index (χ3n) is 3.53. The summed E-state index contributed by atoms with van der Waals surface area (Å²) in [6.45, 7) is 3.85. The summed E-state index contributed by atoms with van der Waals surface area (Å²) in [5, 5.41) is 10.6. The summed E-state index contributed by atoms with van der Waals surface area (Å²) in [4.78, 5) is 6.46. The number of aromatic nitrogens is 1. The van der Waals surface area contributed by atoms with E-state index in [4.69, 9.17) is 11.6 Å². The van der Waals surface area contributed by atoms with Gasteiger partial charge in [-0.1, -0.05) is 29.8 Å². The van der Waals surface area contributed by atoms with Crippen molar-refractivity contribution >= 4 is 17.4 Å². The molecule has 2 rings (SSSR count). The van der Waals surface area contributed by atoms with E-state index in [0.29, 0.717) is 0 Å². The molecule has 2 unspecified atom stereocenters. The number of aliphatic hydroxyl groups excluding tert-OH is 1. The predicted molar refractivity (Wildman–Crippen MR) is 83.1 cm³/mol. The number of benzene rings is 1. The fraction of sp³-hybridized carbons (Fsp3) is 0.312. The molecule has 1 aromatic heterocycles. The molecule has 1 heterocycles. The maximum atomic E-state index is 9.86. The second kappa shape index (κ2) is 6.25. The van der Waals surface area contributed by atoms with Gasteiger partial charge in [0, 0.05) is 23.8 Å². The molecule has 106 valence electrons. The highest BCUT2D eigenvalue weighted by Crippen LogP contribution is 2.29. The number of pyridine rings is 1. The molecule has 2 aromatic rings. The van der Waals surface area contributed by atoms with E-state index >= 15 is 0 Å². The molecule has 0 saturated carbocycles. The summed E-state index contributed by atoms with van der Waals surface area (Å²) >= 11 is 5.92. The molecule has 0 saturated heterocycles. The number of rotatable bonds is 4. The van der Waals surface area contributed by atoms with Gasteiger partial charge in [-0.05, 0) is 37.6 Å². The number of aliphatic hydroxyl groups is 1. The van der Waals surface area contributed by atoms with Crippen LogP contribution in [0.25, 0.3) is 0 Å². The lowest BCUT2D eigenvalue weighted by atomic mass is 10.1. The maximum Gasteiger partial charge on any atom is 0.134 e. The number of hydrogen-bond acceptors (Lipinski definition) is 3. The molecule has 0 spiro atoms. The van der Waals surface area contributed by atoms with Gasteiger partial charge in [-0.3, -0.25) is 0 Å². The Morgan fingerprint density at radius 3 is 2.40 bits per heavy atom. The second-order valence-electron chi connectivity index (χ2n) is 4.93. The Hall–Kier alpha value is -1.58. The number of hydrogen-bond donors (Lipinski definition) is 1. The summed E-state index contributed by atoms with van der Waals surface area (Å²) in [7, 11) is 1.98. The summed E-state index contributed by atoms with van der Waals surface area (Å²) in [6, 6.07) is 11.7. The van der Waals surface area contributed by atoms with Crippen molar-refractivity contribution in [2.75, 3.05) is 11.9 Å². The third kappa shape index (κ3) is 3.11. The highest BCUT2D eigenvalue weighted by molar-refractivity contribution is 6.30. The summed E-state index contributed by atoms with van der Waals surface area (Å²) in [5.41, 5.74) is 1.98. The van der Waals surface area contributed by atoms with Gasteiger partial charge in [-0.25, -0.2) is 4.98 Å². The Morgan fingerprint density at radius 1 is 1.15 bits per heavy atom. The van der Waals surface area contributed by atoms with Crippen LogP contribution in [0.15, 0.2) is 42.6 Å². The van der Waals surface area contributed by atoms with Crippen molar-refractivity contribution in [3.05, 3.63) is 58.7 Å². The van der Waals surface area contributed by atoms with Crippen molar-refractivity contribution in [2.45, 2.75) is 26.0 Å². The van der Waals surface area contributed by atoms with Crippen LogP contribution < -0.4 is 4.90 Å². The molecular formula is C16H19ClN2O. The van der Waals surface area contributed by atoms with Crippen molar-refractivity contribution in [3.63, 3.8) is 0 Å². The summed E-state index contributed by atoms with van der Waals surface area (Å²) < 4.78 is 0. The van der Waals surface area contributed by atoms with Crippen LogP contribution in [0.5, 0.6) is 0 Å². The Bertz CT molecular complexity index is 569. The van der Waals surface area contributed by atoms with Crippen molar-refractivity contribution in [3.8, 4) is 0 Å². The lowest BCUT2D eigenvalue weighted by Gasteiger charge is -2.28. The standard InChI is InChI=1S/C16H19ClN2O/c1-11(13-6-8-14(17)9-7-13)19(3)16-15(12(2)20)5-4-10-18-16/h4-12,20H,1-3H3. The Kier molecular flexibility index (Phi) is 4.63. The Morgan fingerprint density at radius 2 is 1.80 bits per heavy atom. The zero-order chi connectivity index (χ0) is 14.7. The smallest absolute Gasteiger partial charge is 0.134 e. The average molecular weight is 291 g/mol. The average Bonchev–Trinajstić information content (AvgIpc) is 2.46. The molecule has 0 amide bonds. The lowest BCUT2D eigenvalue weighted by molar-refractivity contribution is 0.199. The molecule has 4 heteroatoms. The van der Waals surface area contributed by atoms with E-state index in [0.717, 1.165) is 22.0 Å². The number of nitrogens with zero attached hydrogens (tertiary/aromatic N) is 2. The monoisotopic (exact) mass is 290 g/mol. The zero-order valence-electron chi connectivity index (χ0n) is 11.9. The summed E-state index contributed by atoms with van der Waals surface area (Å²) in [5.74, 6) is 0.796. The van der Waals surface area contributed by atoms with Gasteiger partial charge in [0.1, 0.15) is 5.82 Å². The molecule has 0 fully saturated rings. The van der Waals surface area contributed by atoms with E-state index in [1.165, 1.54) is 0 Å². The van der Waals surface area contributed by atoms with Gasteiger partial charge >= 0.3 is 0 Å². The van der Waals surface area contributed by atoms with Gasteiger partial charge in [0.2, 0.25) is 0 Å². The fourth-order valence-electron chi connectivity index (χ4n) is 2.18. The van der Waals surface area contributed by atoms with Gasteiger partial charge in [0.05, 0.1) is 12.1 Å². The molecule has 0 aliphatic rings. The van der Waals surface area contributed by atoms with E-state index in [2.05, 4.69) is 16.8 Å². The first-order valence-electron chi connectivity index (χ1n) is 6.62. The lowest BCUT2D eigenvalue weighted by Crippen LogP contribution is -2.24. The van der Waals surface area contributed by atoms with Crippen LogP contribution in [0.2, 0.25) is 5.02 Å². The minimum Gasteiger partial charge on any atom is -0.389 e. The van der Waals surface area contributed by atoms with Crippen LogP contribution in [0.1, 0.15) is 37.1 Å². The maximum absolute atomic E-state index is 9.86. The molecule has 1 N–H and O–H groups in total. The molecule has 3 nitrogen and oxygen atoms in total. The van der Waals surface area contributed by atoms with E-state index in [-0.39, 0.29) is 6.04 Å². The molecule has 0 bridgehead atoms. The van der Waals surface area contributed by atoms with Gasteiger partial charge in [0.15, 0.2) is 0 Å².